The lowest BCUT2D eigenvalue weighted by Gasteiger charge is -2.10. The summed E-state index contributed by atoms with van der Waals surface area (Å²) in [6, 6.07) is 10.1. The van der Waals surface area contributed by atoms with E-state index in [0.29, 0.717) is 0 Å². The van der Waals surface area contributed by atoms with Crippen molar-refractivity contribution in [3.63, 3.8) is 0 Å². The highest BCUT2D eigenvalue weighted by Gasteiger charge is 2.01. The molecule has 0 aliphatic rings. The van der Waals surface area contributed by atoms with Crippen molar-refractivity contribution in [3.05, 3.63) is 48.6 Å². The van der Waals surface area contributed by atoms with Crippen LogP contribution in [0.5, 0.6) is 0 Å². The maximum Gasteiger partial charge on any atom is 0.147 e. The maximum atomic E-state index is 5.31. The monoisotopic (exact) mass is 164 g/mol. The molecule has 58 valence electrons. The Kier molecular flexibility index (Phi) is 3.07. The van der Waals surface area contributed by atoms with Crippen LogP contribution in [0, 0.1) is 0 Å². The lowest BCUT2D eigenvalue weighted by Crippen LogP contribution is -1.96. The number of rotatable bonds is 3. The normalized spacial score (nSPS) is 12.7. The largest absolute Gasteiger partial charge is 0.418 e. The van der Waals surface area contributed by atoms with Gasteiger partial charge >= 0.3 is 0 Å². The highest BCUT2D eigenvalue weighted by Crippen LogP contribution is 2.15. The van der Waals surface area contributed by atoms with E-state index in [1.807, 2.05) is 36.4 Å². The van der Waals surface area contributed by atoms with Crippen LogP contribution in [0.1, 0.15) is 11.7 Å². The van der Waals surface area contributed by atoms with Crippen LogP contribution in [0.3, 0.4) is 0 Å². The summed E-state index contributed by atoms with van der Waals surface area (Å²) >= 11 is 0. The molecule has 0 fully saturated rings. The van der Waals surface area contributed by atoms with Crippen LogP contribution < -0.4 is 0 Å². The highest BCUT2D eigenvalue weighted by molar-refractivity contribution is 5.98. The topological polar surface area (TPSA) is 9.23 Å². The molecule has 0 radical (unpaired) electrons. The maximum absolute atomic E-state index is 5.31. The second-order valence-electron chi connectivity index (χ2n) is 2.30. The summed E-state index contributed by atoms with van der Waals surface area (Å²) in [6.07, 6.45) is 1.91. The third-order valence-corrected chi connectivity index (χ3v) is 2.10. The van der Waals surface area contributed by atoms with Crippen LogP contribution in [0.15, 0.2) is 43.0 Å². The van der Waals surface area contributed by atoms with E-state index in [2.05, 4.69) is 6.58 Å². The summed E-state index contributed by atoms with van der Waals surface area (Å²) < 4.78 is 5.31. The van der Waals surface area contributed by atoms with Crippen molar-refractivity contribution in [3.8, 4) is 0 Å². The van der Waals surface area contributed by atoms with E-state index in [0.717, 1.165) is 10.5 Å². The van der Waals surface area contributed by atoms with Gasteiger partial charge in [-0.3, -0.25) is 0 Å². The van der Waals surface area contributed by atoms with E-state index in [9.17, 15) is 0 Å². The third-order valence-electron chi connectivity index (χ3n) is 1.60. The molecule has 1 rings (SSSR count). The van der Waals surface area contributed by atoms with Gasteiger partial charge in [0, 0.05) is 0 Å². The minimum Gasteiger partial charge on any atom is -0.418 e. The Morgan fingerprint density at radius 2 is 2.00 bits per heavy atom. The molecule has 0 aliphatic carbocycles. The van der Waals surface area contributed by atoms with Crippen LogP contribution >= 0.6 is 0 Å². The lowest BCUT2D eigenvalue weighted by molar-refractivity contribution is 0.282. The first-order valence-electron chi connectivity index (χ1n) is 3.58. The van der Waals surface area contributed by atoms with E-state index in [1.165, 1.54) is 5.56 Å². The van der Waals surface area contributed by atoms with Crippen LogP contribution in [0.2, 0.25) is 0 Å². The third kappa shape index (κ3) is 2.03. The van der Waals surface area contributed by atoms with Gasteiger partial charge in [0.1, 0.15) is 10.5 Å². The zero-order valence-electron chi connectivity index (χ0n) is 6.66. The molecular weight excluding hydrogens is 152 g/mol. The van der Waals surface area contributed by atoms with Gasteiger partial charge in [0.25, 0.3) is 0 Å². The summed E-state index contributed by atoms with van der Waals surface area (Å²) in [7, 11) is 0.745. The average Bonchev–Trinajstić information content (AvgIpc) is 2.09. The molecule has 0 aromatic heterocycles. The van der Waals surface area contributed by atoms with Crippen molar-refractivity contribution in [2.45, 2.75) is 6.10 Å². The van der Waals surface area contributed by atoms with Crippen molar-refractivity contribution in [1.29, 1.82) is 0 Å². The average molecular weight is 164 g/mol. The van der Waals surface area contributed by atoms with E-state index in [4.69, 9.17) is 4.43 Å². The summed E-state index contributed by atoms with van der Waals surface area (Å²) in [5.74, 6) is 0. The first kappa shape index (κ1) is 8.24. The fraction of sp³-hybridized carbons (Fsp3) is 0.111. The minimum atomic E-state index is 0.0860. The molecule has 0 bridgehead atoms. The fourth-order valence-corrected chi connectivity index (χ4v) is 1.48. The summed E-state index contributed by atoms with van der Waals surface area (Å²) in [5, 5.41) is 0. The summed E-state index contributed by atoms with van der Waals surface area (Å²) in [4.78, 5) is 0. The van der Waals surface area contributed by atoms with Crippen molar-refractivity contribution in [1.82, 2.24) is 0 Å². The first-order chi connectivity index (χ1) is 5.38. The first-order valence-corrected chi connectivity index (χ1v) is 4.40. The number of benzene rings is 1. The van der Waals surface area contributed by atoms with E-state index in [-0.39, 0.29) is 6.10 Å². The molecule has 1 atom stereocenters. The molecule has 0 spiro atoms. The molecule has 1 aromatic carbocycles. The lowest BCUT2D eigenvalue weighted by atomic mass is 10.1. The Balaban J connectivity index is 2.82. The summed E-state index contributed by atoms with van der Waals surface area (Å²) in [6.45, 7) is 3.71. The zero-order valence-corrected chi connectivity index (χ0v) is 8.66. The standard InChI is InChI=1S/C9H12OSi/c1-2-9(10-11)8-6-4-3-5-7-8/h2-7,9H,1H2,11H3. The van der Waals surface area contributed by atoms with Gasteiger partial charge < -0.3 is 4.43 Å². The van der Waals surface area contributed by atoms with Gasteiger partial charge in [-0.1, -0.05) is 36.4 Å². The van der Waals surface area contributed by atoms with Gasteiger partial charge in [-0.05, 0) is 5.56 Å². The Labute approximate surface area is 70.2 Å². The molecule has 1 aromatic rings. The zero-order chi connectivity index (χ0) is 8.10. The Morgan fingerprint density at radius 1 is 1.36 bits per heavy atom. The quantitative estimate of drug-likeness (QED) is 0.482. The van der Waals surface area contributed by atoms with Crippen molar-refractivity contribution < 1.29 is 4.43 Å². The van der Waals surface area contributed by atoms with Crippen LogP contribution in [0.25, 0.3) is 0 Å². The molecule has 0 N–H and O–H groups in total. The Hall–Kier alpha value is -0.863. The summed E-state index contributed by atoms with van der Waals surface area (Å²) in [5.41, 5.74) is 1.18. The molecule has 2 heteroatoms. The minimum absolute atomic E-state index is 0.0860. The fourth-order valence-electron chi connectivity index (χ4n) is 1.01. The van der Waals surface area contributed by atoms with E-state index in [1.54, 1.807) is 0 Å². The molecule has 0 aliphatic heterocycles. The van der Waals surface area contributed by atoms with Gasteiger partial charge in [-0.25, -0.2) is 0 Å². The Bertz CT molecular complexity index is 220. The van der Waals surface area contributed by atoms with Crippen molar-refractivity contribution >= 4 is 10.5 Å². The predicted octanol–water partition coefficient (Wildman–Crippen LogP) is 1.21. The molecular formula is C9H12OSi. The van der Waals surface area contributed by atoms with Crippen LogP contribution in [-0.4, -0.2) is 10.5 Å². The SMILES string of the molecule is C=CC(O[SiH3])c1ccccc1. The van der Waals surface area contributed by atoms with Gasteiger partial charge in [0.05, 0.1) is 6.10 Å². The second kappa shape index (κ2) is 4.11. The molecule has 11 heavy (non-hydrogen) atoms. The molecule has 0 heterocycles. The number of hydrogen-bond acceptors (Lipinski definition) is 1. The Morgan fingerprint density at radius 3 is 2.45 bits per heavy atom. The van der Waals surface area contributed by atoms with Crippen LogP contribution in [0.4, 0.5) is 0 Å². The van der Waals surface area contributed by atoms with E-state index < -0.39 is 0 Å². The van der Waals surface area contributed by atoms with Crippen molar-refractivity contribution in [2.75, 3.05) is 0 Å². The molecule has 0 amide bonds. The van der Waals surface area contributed by atoms with Crippen molar-refractivity contribution in [2.24, 2.45) is 0 Å². The van der Waals surface area contributed by atoms with Gasteiger partial charge in [0.15, 0.2) is 0 Å². The van der Waals surface area contributed by atoms with E-state index >= 15 is 0 Å². The van der Waals surface area contributed by atoms with Crippen LogP contribution in [-0.2, 0) is 4.43 Å². The van der Waals surface area contributed by atoms with Gasteiger partial charge in [-0.2, -0.15) is 0 Å². The molecule has 1 nitrogen and oxygen atoms in total. The molecule has 0 saturated heterocycles. The smallest absolute Gasteiger partial charge is 0.147 e. The molecule has 1 unspecified atom stereocenters. The predicted molar refractivity (Wildman–Crippen MR) is 50.4 cm³/mol. The highest BCUT2D eigenvalue weighted by atomic mass is 28.2. The van der Waals surface area contributed by atoms with Gasteiger partial charge in [0.2, 0.25) is 0 Å². The molecule has 0 saturated carbocycles. The second-order valence-corrected chi connectivity index (χ2v) is 2.77. The van der Waals surface area contributed by atoms with Gasteiger partial charge in [-0.15, -0.1) is 6.58 Å². The number of hydrogen-bond donors (Lipinski definition) is 0.